The maximum Gasteiger partial charge on any atom is 0.240 e. The maximum absolute atomic E-state index is 12.1. The van der Waals surface area contributed by atoms with Gasteiger partial charge in [-0.05, 0) is 31.5 Å². The van der Waals surface area contributed by atoms with E-state index in [1.54, 1.807) is 0 Å². The van der Waals surface area contributed by atoms with Crippen molar-refractivity contribution in [3.63, 3.8) is 0 Å². The number of benzene rings is 1. The predicted octanol–water partition coefficient (Wildman–Crippen LogP) is 3.06. The molecule has 0 bridgehead atoms. The Morgan fingerprint density at radius 2 is 2.00 bits per heavy atom. The van der Waals surface area contributed by atoms with E-state index in [-0.39, 0.29) is 29.2 Å². The number of rotatable bonds is 7. The second-order valence-corrected chi connectivity index (χ2v) is 7.87. The third-order valence-electron chi connectivity index (χ3n) is 3.00. The first-order valence-corrected chi connectivity index (χ1v) is 9.47. The molecule has 0 spiro atoms. The van der Waals surface area contributed by atoms with Crippen molar-refractivity contribution < 1.29 is 13.2 Å². The van der Waals surface area contributed by atoms with Crippen LogP contribution in [0.3, 0.4) is 0 Å². The first kappa shape index (κ1) is 19.1. The van der Waals surface area contributed by atoms with Gasteiger partial charge in [0.05, 0.1) is 17.0 Å². The Kier molecular flexibility index (Phi) is 6.97. The molecular weight excluding hydrogens is 347 g/mol. The third-order valence-corrected chi connectivity index (χ3v) is 4.66. The smallest absolute Gasteiger partial charge is 0.240 e. The summed E-state index contributed by atoms with van der Waals surface area (Å²) in [5.74, 6) is -0.377. The Morgan fingerprint density at radius 1 is 1.36 bits per heavy atom. The van der Waals surface area contributed by atoms with Crippen LogP contribution < -0.4 is 9.62 Å². The van der Waals surface area contributed by atoms with E-state index in [2.05, 4.69) is 5.32 Å². The van der Waals surface area contributed by atoms with Gasteiger partial charge in [-0.25, -0.2) is 8.42 Å². The minimum Gasteiger partial charge on any atom is -0.352 e. The van der Waals surface area contributed by atoms with Crippen molar-refractivity contribution >= 4 is 44.8 Å². The van der Waals surface area contributed by atoms with Gasteiger partial charge in [0.1, 0.15) is 6.54 Å². The lowest BCUT2D eigenvalue weighted by Gasteiger charge is -2.24. The predicted molar refractivity (Wildman–Crippen MR) is 91.2 cm³/mol. The fourth-order valence-electron chi connectivity index (χ4n) is 2.02. The molecule has 0 unspecified atom stereocenters. The topological polar surface area (TPSA) is 66.5 Å². The molecule has 1 amide bonds. The molecular formula is C14H20Cl2N2O3S. The highest BCUT2D eigenvalue weighted by atomic mass is 35.5. The largest absolute Gasteiger partial charge is 0.352 e. The molecule has 124 valence electrons. The number of nitrogens with one attached hydrogen (secondary N) is 1. The van der Waals surface area contributed by atoms with Gasteiger partial charge in [0.25, 0.3) is 0 Å². The van der Waals surface area contributed by atoms with Gasteiger partial charge in [-0.1, -0.05) is 36.5 Å². The van der Waals surface area contributed by atoms with Crippen LogP contribution in [0.2, 0.25) is 10.0 Å². The van der Waals surface area contributed by atoms with Gasteiger partial charge in [-0.15, -0.1) is 0 Å². The van der Waals surface area contributed by atoms with Gasteiger partial charge in [-0.2, -0.15) is 0 Å². The minimum atomic E-state index is -3.65. The first-order chi connectivity index (χ1) is 10.1. The van der Waals surface area contributed by atoms with Gasteiger partial charge >= 0.3 is 0 Å². The summed E-state index contributed by atoms with van der Waals surface area (Å²) in [6.07, 6.45) is 2.78. The van der Waals surface area contributed by atoms with Crippen molar-refractivity contribution in [3.8, 4) is 0 Å². The first-order valence-electron chi connectivity index (χ1n) is 6.87. The van der Waals surface area contributed by atoms with Gasteiger partial charge in [-0.3, -0.25) is 9.10 Å². The van der Waals surface area contributed by atoms with Crippen LogP contribution in [0.4, 0.5) is 5.69 Å². The molecule has 0 fully saturated rings. The summed E-state index contributed by atoms with van der Waals surface area (Å²) >= 11 is 11.9. The Labute approximate surface area is 141 Å². The van der Waals surface area contributed by atoms with E-state index >= 15 is 0 Å². The van der Waals surface area contributed by atoms with E-state index in [0.717, 1.165) is 23.4 Å². The maximum atomic E-state index is 12.1. The van der Waals surface area contributed by atoms with Crippen LogP contribution in [-0.4, -0.2) is 33.2 Å². The molecule has 1 aromatic rings. The SMILES string of the molecule is CCC[C@@H](C)NC(=O)CN(c1ccc(Cl)cc1Cl)S(C)(=O)=O. The van der Waals surface area contributed by atoms with E-state index < -0.39 is 10.0 Å². The summed E-state index contributed by atoms with van der Waals surface area (Å²) in [4.78, 5) is 12.1. The van der Waals surface area contributed by atoms with Gasteiger partial charge in [0, 0.05) is 11.1 Å². The van der Waals surface area contributed by atoms with Crippen molar-refractivity contribution in [2.24, 2.45) is 0 Å². The zero-order valence-electron chi connectivity index (χ0n) is 12.8. The molecule has 0 aliphatic rings. The molecule has 8 heteroatoms. The lowest BCUT2D eigenvalue weighted by Crippen LogP contribution is -2.43. The van der Waals surface area contributed by atoms with Crippen LogP contribution in [0.1, 0.15) is 26.7 Å². The van der Waals surface area contributed by atoms with E-state index in [1.807, 2.05) is 13.8 Å². The van der Waals surface area contributed by atoms with Crippen LogP contribution in [0.25, 0.3) is 0 Å². The molecule has 0 saturated carbocycles. The molecule has 0 aliphatic carbocycles. The zero-order chi connectivity index (χ0) is 16.9. The molecule has 0 radical (unpaired) electrons. The monoisotopic (exact) mass is 366 g/mol. The lowest BCUT2D eigenvalue weighted by atomic mass is 10.2. The van der Waals surface area contributed by atoms with Crippen LogP contribution in [-0.2, 0) is 14.8 Å². The van der Waals surface area contributed by atoms with E-state index in [1.165, 1.54) is 18.2 Å². The van der Waals surface area contributed by atoms with Crippen molar-refractivity contribution in [1.82, 2.24) is 5.32 Å². The second kappa shape index (κ2) is 8.04. The average molecular weight is 367 g/mol. The molecule has 1 atom stereocenters. The Morgan fingerprint density at radius 3 is 2.50 bits per heavy atom. The number of halogens is 2. The number of amides is 1. The highest BCUT2D eigenvalue weighted by molar-refractivity contribution is 7.92. The Bertz CT molecular complexity index is 635. The molecule has 1 aromatic carbocycles. The van der Waals surface area contributed by atoms with E-state index in [4.69, 9.17) is 23.2 Å². The van der Waals surface area contributed by atoms with Crippen LogP contribution in [0.15, 0.2) is 18.2 Å². The van der Waals surface area contributed by atoms with E-state index in [9.17, 15) is 13.2 Å². The van der Waals surface area contributed by atoms with Crippen molar-refractivity contribution in [2.45, 2.75) is 32.7 Å². The summed E-state index contributed by atoms with van der Waals surface area (Å²) in [7, 11) is -3.65. The summed E-state index contributed by atoms with van der Waals surface area (Å²) in [6, 6.07) is 4.43. The number of carbonyl (C=O) groups excluding carboxylic acids is 1. The summed E-state index contributed by atoms with van der Waals surface area (Å²) in [5.41, 5.74) is 0.229. The number of anilines is 1. The quantitative estimate of drug-likeness (QED) is 0.806. The fourth-order valence-corrected chi connectivity index (χ4v) is 3.45. The molecule has 1 rings (SSSR count). The Hall–Kier alpha value is -0.980. The van der Waals surface area contributed by atoms with Gasteiger partial charge < -0.3 is 5.32 Å². The molecule has 0 saturated heterocycles. The highest BCUT2D eigenvalue weighted by Crippen LogP contribution is 2.30. The normalized spacial score (nSPS) is 12.8. The van der Waals surface area contributed by atoms with Crippen LogP contribution >= 0.6 is 23.2 Å². The zero-order valence-corrected chi connectivity index (χ0v) is 15.1. The Balaban J connectivity index is 2.98. The van der Waals surface area contributed by atoms with Gasteiger partial charge in [0.15, 0.2) is 0 Å². The molecule has 0 aliphatic heterocycles. The lowest BCUT2D eigenvalue weighted by molar-refractivity contribution is -0.120. The summed E-state index contributed by atoms with van der Waals surface area (Å²) in [6.45, 7) is 3.56. The number of nitrogens with zero attached hydrogens (tertiary/aromatic N) is 1. The van der Waals surface area contributed by atoms with E-state index in [0.29, 0.717) is 5.02 Å². The summed E-state index contributed by atoms with van der Waals surface area (Å²) < 4.78 is 24.9. The van der Waals surface area contributed by atoms with Crippen molar-refractivity contribution in [2.75, 3.05) is 17.1 Å². The number of hydrogen-bond donors (Lipinski definition) is 1. The fraction of sp³-hybridized carbons (Fsp3) is 0.500. The summed E-state index contributed by atoms with van der Waals surface area (Å²) in [5, 5.41) is 3.34. The number of carbonyl (C=O) groups is 1. The van der Waals surface area contributed by atoms with Crippen molar-refractivity contribution in [1.29, 1.82) is 0 Å². The molecule has 5 nitrogen and oxygen atoms in total. The highest BCUT2D eigenvalue weighted by Gasteiger charge is 2.23. The molecule has 0 heterocycles. The number of sulfonamides is 1. The molecule has 22 heavy (non-hydrogen) atoms. The molecule has 0 aromatic heterocycles. The van der Waals surface area contributed by atoms with Crippen molar-refractivity contribution in [3.05, 3.63) is 28.2 Å². The standard InChI is InChI=1S/C14H20Cl2N2O3S/c1-4-5-10(2)17-14(19)9-18(22(3,20)21)13-7-6-11(15)8-12(13)16/h6-8,10H,4-5,9H2,1-3H3,(H,17,19)/t10-/m1/s1. The third kappa shape index (κ3) is 5.66. The average Bonchev–Trinajstić information content (AvgIpc) is 2.35. The second-order valence-electron chi connectivity index (χ2n) is 5.12. The number of hydrogen-bond acceptors (Lipinski definition) is 3. The van der Waals surface area contributed by atoms with Gasteiger partial charge in [0.2, 0.25) is 15.9 Å². The van der Waals surface area contributed by atoms with Crippen LogP contribution in [0, 0.1) is 0 Å². The van der Waals surface area contributed by atoms with Crippen LogP contribution in [0.5, 0.6) is 0 Å². The molecule has 1 N–H and O–H groups in total. The minimum absolute atomic E-state index is 0.0143.